The maximum atomic E-state index is 13.8. The molecule has 0 spiro atoms. The second kappa shape index (κ2) is 8.87. The first-order valence-electron chi connectivity index (χ1n) is 10.7. The summed E-state index contributed by atoms with van der Waals surface area (Å²) in [5, 5.41) is 6.37. The fraction of sp³-hybridized carbons (Fsp3) is 0.154. The third-order valence-corrected chi connectivity index (χ3v) is 6.41. The van der Waals surface area contributed by atoms with Crippen LogP contribution in [0.15, 0.2) is 82.5 Å². The van der Waals surface area contributed by atoms with Crippen molar-refractivity contribution in [3.05, 3.63) is 88.0 Å². The summed E-state index contributed by atoms with van der Waals surface area (Å²) in [4.78, 5) is 18.6. The van der Waals surface area contributed by atoms with Crippen molar-refractivity contribution in [3.63, 3.8) is 0 Å². The van der Waals surface area contributed by atoms with Gasteiger partial charge in [-0.25, -0.2) is 4.98 Å². The lowest BCUT2D eigenvalue weighted by atomic mass is 9.93. The van der Waals surface area contributed by atoms with Gasteiger partial charge >= 0.3 is 0 Å². The lowest BCUT2D eigenvalue weighted by molar-refractivity contribution is -0.113. The smallest absolute Gasteiger partial charge is 0.255 e. The van der Waals surface area contributed by atoms with Crippen LogP contribution >= 0.6 is 15.9 Å². The molecule has 1 unspecified atom stereocenters. The Balaban J connectivity index is 1.71. The molecule has 172 valence electrons. The molecule has 8 heteroatoms. The lowest BCUT2D eigenvalue weighted by Gasteiger charge is -2.31. The molecule has 7 nitrogen and oxygen atoms in total. The van der Waals surface area contributed by atoms with E-state index in [1.807, 2.05) is 78.2 Å². The quantitative estimate of drug-likeness (QED) is 0.352. The molecule has 0 aliphatic carbocycles. The Bertz CT molecular complexity index is 1440. The monoisotopic (exact) mass is 518 g/mol. The number of nitrogens with one attached hydrogen (secondary N) is 2. The van der Waals surface area contributed by atoms with Crippen molar-refractivity contribution in [1.82, 2.24) is 9.55 Å². The number of imidazole rings is 1. The van der Waals surface area contributed by atoms with E-state index < -0.39 is 6.04 Å². The van der Waals surface area contributed by atoms with Crippen LogP contribution in [0.4, 0.5) is 11.6 Å². The SMILES string of the molecule is COc1ccccc1NC(=O)C1=C(C)Nc2nc3ccccc3n2C1c1cc(Br)ccc1OC. The first kappa shape index (κ1) is 22.0. The summed E-state index contributed by atoms with van der Waals surface area (Å²) >= 11 is 3.59. The van der Waals surface area contributed by atoms with Gasteiger partial charge in [0.2, 0.25) is 5.95 Å². The van der Waals surface area contributed by atoms with Crippen LogP contribution < -0.4 is 20.1 Å². The minimum Gasteiger partial charge on any atom is -0.496 e. The van der Waals surface area contributed by atoms with Crippen LogP contribution in [0, 0.1) is 0 Å². The number of amides is 1. The predicted octanol–water partition coefficient (Wildman–Crippen LogP) is 5.74. The summed E-state index contributed by atoms with van der Waals surface area (Å²) in [6, 6.07) is 20.5. The molecule has 1 amide bonds. The molecule has 1 atom stereocenters. The number of nitrogens with zero attached hydrogens (tertiary/aromatic N) is 2. The Labute approximate surface area is 205 Å². The van der Waals surface area contributed by atoms with E-state index in [2.05, 4.69) is 26.6 Å². The number of halogens is 1. The van der Waals surface area contributed by atoms with E-state index in [0.717, 1.165) is 21.1 Å². The van der Waals surface area contributed by atoms with Gasteiger partial charge in [-0.05, 0) is 49.4 Å². The number of rotatable bonds is 5. The summed E-state index contributed by atoms with van der Waals surface area (Å²) in [6.45, 7) is 1.89. The summed E-state index contributed by atoms with van der Waals surface area (Å²) in [6.07, 6.45) is 0. The van der Waals surface area contributed by atoms with E-state index in [1.165, 1.54) is 0 Å². The van der Waals surface area contributed by atoms with Crippen LogP contribution in [-0.4, -0.2) is 29.7 Å². The van der Waals surface area contributed by atoms with Gasteiger partial charge in [-0.15, -0.1) is 0 Å². The van der Waals surface area contributed by atoms with Crippen LogP contribution in [0.25, 0.3) is 11.0 Å². The van der Waals surface area contributed by atoms with Crippen molar-refractivity contribution in [2.45, 2.75) is 13.0 Å². The Morgan fingerprint density at radius 3 is 2.56 bits per heavy atom. The van der Waals surface area contributed by atoms with Gasteiger partial charge < -0.3 is 20.1 Å². The summed E-state index contributed by atoms with van der Waals surface area (Å²) in [7, 11) is 3.21. The molecule has 5 rings (SSSR count). The average Bonchev–Trinajstić information content (AvgIpc) is 3.21. The van der Waals surface area contributed by atoms with E-state index in [-0.39, 0.29) is 5.91 Å². The number of carbonyl (C=O) groups is 1. The van der Waals surface area contributed by atoms with Crippen LogP contribution in [0.1, 0.15) is 18.5 Å². The van der Waals surface area contributed by atoms with Crippen LogP contribution in [0.5, 0.6) is 11.5 Å². The number of carbonyl (C=O) groups excluding carboxylic acids is 1. The van der Waals surface area contributed by atoms with Crippen molar-refractivity contribution >= 4 is 44.5 Å². The maximum Gasteiger partial charge on any atom is 0.255 e. The number of aromatic nitrogens is 2. The summed E-state index contributed by atoms with van der Waals surface area (Å²) in [5.41, 5.74) is 4.44. The fourth-order valence-corrected chi connectivity index (χ4v) is 4.79. The van der Waals surface area contributed by atoms with Crippen molar-refractivity contribution < 1.29 is 14.3 Å². The van der Waals surface area contributed by atoms with E-state index >= 15 is 0 Å². The van der Waals surface area contributed by atoms with Gasteiger partial charge in [0.05, 0.1) is 42.6 Å². The molecule has 3 aromatic carbocycles. The molecule has 1 aliphatic heterocycles. The van der Waals surface area contributed by atoms with Gasteiger partial charge in [0.1, 0.15) is 11.5 Å². The molecule has 34 heavy (non-hydrogen) atoms. The molecule has 1 aromatic heterocycles. The Morgan fingerprint density at radius 2 is 1.76 bits per heavy atom. The molecule has 4 aromatic rings. The second-order valence-electron chi connectivity index (χ2n) is 7.90. The zero-order chi connectivity index (χ0) is 23.8. The third-order valence-electron chi connectivity index (χ3n) is 5.92. The van der Waals surface area contributed by atoms with Crippen LogP contribution in [-0.2, 0) is 4.79 Å². The number of ether oxygens (including phenoxy) is 2. The molecule has 1 aliphatic rings. The second-order valence-corrected chi connectivity index (χ2v) is 8.82. The summed E-state index contributed by atoms with van der Waals surface area (Å²) in [5.74, 6) is 1.68. The van der Waals surface area contributed by atoms with Crippen molar-refractivity contribution in [2.24, 2.45) is 0 Å². The standard InChI is InChI=1S/C26H23BrN4O3/c1-15-23(25(32)29-19-9-5-7-11-22(19)34-3)24(17-14-16(27)12-13-21(17)33-2)31-20-10-6-4-8-18(20)30-26(31)28-15/h4-14,24H,1-3H3,(H,28,30)(H,29,32). The molecule has 0 fully saturated rings. The molecule has 0 bridgehead atoms. The average molecular weight is 519 g/mol. The Morgan fingerprint density at radius 1 is 1.03 bits per heavy atom. The molecule has 2 heterocycles. The third kappa shape index (κ3) is 3.70. The van der Waals surface area contributed by atoms with Gasteiger partial charge in [-0.1, -0.05) is 40.2 Å². The normalized spacial score (nSPS) is 15.0. The number of fused-ring (bicyclic) bond motifs is 3. The van der Waals surface area contributed by atoms with Crippen LogP contribution in [0.2, 0.25) is 0 Å². The Hall–Kier alpha value is -3.78. The van der Waals surface area contributed by atoms with Gasteiger partial charge in [0.15, 0.2) is 0 Å². The molecular weight excluding hydrogens is 496 g/mol. The van der Waals surface area contributed by atoms with E-state index in [4.69, 9.17) is 14.5 Å². The fourth-order valence-electron chi connectivity index (χ4n) is 4.41. The number of hydrogen-bond acceptors (Lipinski definition) is 5. The highest BCUT2D eigenvalue weighted by Crippen LogP contribution is 2.43. The lowest BCUT2D eigenvalue weighted by Crippen LogP contribution is -2.31. The zero-order valence-electron chi connectivity index (χ0n) is 18.9. The Kier molecular flexibility index (Phi) is 5.75. The first-order chi connectivity index (χ1) is 16.5. The van der Waals surface area contributed by atoms with Gasteiger partial charge in [0.25, 0.3) is 5.91 Å². The van der Waals surface area contributed by atoms with Gasteiger partial charge in [0, 0.05) is 15.7 Å². The largest absolute Gasteiger partial charge is 0.496 e. The van der Waals surface area contributed by atoms with Crippen molar-refractivity contribution in [3.8, 4) is 11.5 Å². The molecule has 0 saturated heterocycles. The molecule has 0 radical (unpaired) electrons. The maximum absolute atomic E-state index is 13.8. The van der Waals surface area contributed by atoms with Crippen molar-refractivity contribution in [1.29, 1.82) is 0 Å². The number of allylic oxidation sites excluding steroid dienone is 1. The highest BCUT2D eigenvalue weighted by molar-refractivity contribution is 9.10. The summed E-state index contributed by atoms with van der Waals surface area (Å²) < 4.78 is 14.1. The van der Waals surface area contributed by atoms with E-state index in [0.29, 0.717) is 34.4 Å². The van der Waals surface area contributed by atoms with E-state index in [1.54, 1.807) is 14.2 Å². The highest BCUT2D eigenvalue weighted by Gasteiger charge is 2.36. The molecular formula is C26H23BrN4O3. The van der Waals surface area contributed by atoms with Gasteiger partial charge in [-0.2, -0.15) is 0 Å². The minimum atomic E-state index is -0.481. The van der Waals surface area contributed by atoms with Crippen LogP contribution in [0.3, 0.4) is 0 Å². The number of methoxy groups -OCH3 is 2. The predicted molar refractivity (Wildman–Crippen MR) is 137 cm³/mol. The topological polar surface area (TPSA) is 77.4 Å². The van der Waals surface area contributed by atoms with Gasteiger partial charge in [-0.3, -0.25) is 9.36 Å². The molecule has 0 saturated carbocycles. The minimum absolute atomic E-state index is 0.245. The number of anilines is 2. The number of para-hydroxylation sites is 4. The first-order valence-corrected chi connectivity index (χ1v) is 11.5. The number of benzene rings is 3. The van der Waals surface area contributed by atoms with E-state index in [9.17, 15) is 4.79 Å². The molecule has 2 N–H and O–H groups in total. The van der Waals surface area contributed by atoms with Crippen molar-refractivity contribution in [2.75, 3.05) is 24.9 Å². The highest BCUT2D eigenvalue weighted by atomic mass is 79.9. The number of hydrogen-bond donors (Lipinski definition) is 2. The zero-order valence-corrected chi connectivity index (χ0v) is 20.5.